The third-order valence-electron chi connectivity index (χ3n) is 2.41. The van der Waals surface area contributed by atoms with Gasteiger partial charge in [-0.25, -0.2) is 0 Å². The second-order valence-corrected chi connectivity index (χ2v) is 3.63. The molecule has 102 valence electrons. The largest absolute Gasteiger partial charge is 0.465 e. The molecule has 0 atom stereocenters. The van der Waals surface area contributed by atoms with Crippen LogP contribution in [-0.4, -0.2) is 28.8 Å². The monoisotopic (exact) mass is 281 g/mol. The molecule has 0 aliphatic carbocycles. The Kier molecular flexibility index (Phi) is 5.89. The van der Waals surface area contributed by atoms with Gasteiger partial charge in [0, 0.05) is 24.8 Å². The van der Waals surface area contributed by atoms with Crippen molar-refractivity contribution in [3.05, 3.63) is 49.1 Å². The maximum absolute atomic E-state index is 11.6. The third kappa shape index (κ3) is 3.99. The summed E-state index contributed by atoms with van der Waals surface area (Å²) in [5, 5.41) is 1.82. The lowest BCUT2D eigenvalue weighted by Crippen LogP contribution is -2.34. The molecule has 0 bridgehead atoms. The molecule has 0 aliphatic heterocycles. The highest BCUT2D eigenvalue weighted by Gasteiger charge is 2.13. The van der Waals surface area contributed by atoms with E-state index in [-0.39, 0.29) is 24.9 Å². The highest BCUT2D eigenvalue weighted by molar-refractivity contribution is 5.85. The third-order valence-corrected chi connectivity index (χ3v) is 2.41. The number of carbonyl (C=O) groups excluding carboxylic acids is 1. The first-order valence-corrected chi connectivity index (χ1v) is 5.77. The van der Waals surface area contributed by atoms with Gasteiger partial charge in [0.05, 0.1) is 12.3 Å². The van der Waals surface area contributed by atoms with Gasteiger partial charge in [-0.15, -0.1) is 12.4 Å². The van der Waals surface area contributed by atoms with Crippen molar-refractivity contribution in [2.24, 2.45) is 0 Å². The number of anilines is 1. The number of hydrogen-bond acceptors (Lipinski definition) is 4. The van der Waals surface area contributed by atoms with E-state index in [4.69, 9.17) is 4.74 Å². The van der Waals surface area contributed by atoms with Gasteiger partial charge in [0.25, 0.3) is 0 Å². The minimum Gasteiger partial charge on any atom is -0.465 e. The molecule has 5 nitrogen and oxygen atoms in total. The second-order valence-electron chi connectivity index (χ2n) is 3.63. The Morgan fingerprint density at radius 2 is 1.95 bits per heavy atom. The van der Waals surface area contributed by atoms with Crippen LogP contribution in [0.25, 0.3) is 0 Å². The fourth-order valence-electron chi connectivity index (χ4n) is 1.64. The van der Waals surface area contributed by atoms with Crippen LogP contribution in [-0.2, 0) is 9.53 Å². The molecular weight excluding hydrogens is 266 g/mol. The molecule has 0 spiro atoms. The maximum atomic E-state index is 11.6. The fourth-order valence-corrected chi connectivity index (χ4v) is 1.64. The SMILES string of the molecule is CCOC(=O)CN(c1ccncc1)n1cccc1.Cl. The first-order valence-electron chi connectivity index (χ1n) is 5.77. The Hall–Kier alpha value is -2.01. The van der Waals surface area contributed by atoms with Crippen LogP contribution in [0.1, 0.15) is 6.92 Å². The number of carbonyl (C=O) groups is 1. The van der Waals surface area contributed by atoms with E-state index in [1.165, 1.54) is 0 Å². The number of hydrogen-bond donors (Lipinski definition) is 0. The van der Waals surface area contributed by atoms with Gasteiger partial charge in [-0.05, 0) is 31.2 Å². The molecular formula is C13H16ClN3O2. The number of esters is 1. The smallest absolute Gasteiger partial charge is 0.327 e. The Morgan fingerprint density at radius 3 is 2.53 bits per heavy atom. The Morgan fingerprint density at radius 1 is 1.32 bits per heavy atom. The van der Waals surface area contributed by atoms with Gasteiger partial charge in [-0.3, -0.25) is 19.5 Å². The molecule has 2 aromatic heterocycles. The molecule has 19 heavy (non-hydrogen) atoms. The molecule has 0 aromatic carbocycles. The number of pyridine rings is 1. The Bertz CT molecular complexity index is 488. The molecule has 0 saturated carbocycles. The number of ether oxygens (including phenoxy) is 1. The summed E-state index contributed by atoms with van der Waals surface area (Å²) in [4.78, 5) is 15.6. The molecule has 2 aromatic rings. The van der Waals surface area contributed by atoms with E-state index >= 15 is 0 Å². The summed E-state index contributed by atoms with van der Waals surface area (Å²) in [6.07, 6.45) is 7.13. The van der Waals surface area contributed by atoms with Crippen LogP contribution in [0.2, 0.25) is 0 Å². The lowest BCUT2D eigenvalue weighted by Gasteiger charge is -2.24. The van der Waals surface area contributed by atoms with Crippen LogP contribution in [0.5, 0.6) is 0 Å². The first-order chi connectivity index (χ1) is 8.81. The Balaban J connectivity index is 0.00000180. The summed E-state index contributed by atoms with van der Waals surface area (Å²) in [6, 6.07) is 7.50. The number of aromatic nitrogens is 2. The van der Waals surface area contributed by atoms with Crippen LogP contribution in [0.15, 0.2) is 49.1 Å². The number of rotatable bonds is 5. The van der Waals surface area contributed by atoms with Crippen LogP contribution < -0.4 is 5.01 Å². The minimum atomic E-state index is -0.261. The molecule has 0 aliphatic rings. The molecule has 0 saturated heterocycles. The summed E-state index contributed by atoms with van der Waals surface area (Å²) in [5.74, 6) is -0.261. The quantitative estimate of drug-likeness (QED) is 0.788. The molecule has 0 N–H and O–H groups in total. The van der Waals surface area contributed by atoms with E-state index in [1.807, 2.05) is 46.3 Å². The van der Waals surface area contributed by atoms with Crippen molar-refractivity contribution >= 4 is 24.1 Å². The highest BCUT2D eigenvalue weighted by Crippen LogP contribution is 2.13. The van der Waals surface area contributed by atoms with E-state index in [9.17, 15) is 4.79 Å². The average Bonchev–Trinajstić information content (AvgIpc) is 2.91. The van der Waals surface area contributed by atoms with Crippen molar-refractivity contribution in [2.45, 2.75) is 6.92 Å². The summed E-state index contributed by atoms with van der Waals surface area (Å²) in [6.45, 7) is 2.34. The van der Waals surface area contributed by atoms with Crippen molar-refractivity contribution in [1.29, 1.82) is 0 Å². The predicted octanol–water partition coefficient (Wildman–Crippen LogP) is 2.14. The van der Waals surface area contributed by atoms with E-state index in [1.54, 1.807) is 19.3 Å². The maximum Gasteiger partial charge on any atom is 0.327 e. The predicted molar refractivity (Wildman–Crippen MR) is 75.3 cm³/mol. The van der Waals surface area contributed by atoms with Crippen LogP contribution in [0.4, 0.5) is 5.69 Å². The van der Waals surface area contributed by atoms with E-state index in [0.29, 0.717) is 6.61 Å². The number of nitrogens with zero attached hydrogens (tertiary/aromatic N) is 3. The minimum absolute atomic E-state index is 0. The average molecular weight is 282 g/mol. The topological polar surface area (TPSA) is 47.4 Å². The van der Waals surface area contributed by atoms with E-state index in [2.05, 4.69) is 4.98 Å². The van der Waals surface area contributed by atoms with Gasteiger partial charge in [-0.1, -0.05) is 0 Å². The van der Waals surface area contributed by atoms with Gasteiger partial charge in [-0.2, -0.15) is 0 Å². The molecule has 0 unspecified atom stereocenters. The highest BCUT2D eigenvalue weighted by atomic mass is 35.5. The van der Waals surface area contributed by atoms with Crippen LogP contribution in [0.3, 0.4) is 0 Å². The van der Waals surface area contributed by atoms with Gasteiger partial charge in [0.1, 0.15) is 6.54 Å². The summed E-state index contributed by atoms with van der Waals surface area (Å²) in [5.41, 5.74) is 0.884. The summed E-state index contributed by atoms with van der Waals surface area (Å²) < 4.78 is 6.82. The zero-order chi connectivity index (χ0) is 12.8. The van der Waals surface area contributed by atoms with Crippen molar-refractivity contribution in [3.8, 4) is 0 Å². The van der Waals surface area contributed by atoms with E-state index in [0.717, 1.165) is 5.69 Å². The van der Waals surface area contributed by atoms with Gasteiger partial charge in [0.2, 0.25) is 0 Å². The van der Waals surface area contributed by atoms with Gasteiger partial charge < -0.3 is 4.74 Å². The summed E-state index contributed by atoms with van der Waals surface area (Å²) >= 11 is 0. The molecule has 0 fully saturated rings. The second kappa shape index (κ2) is 7.43. The lowest BCUT2D eigenvalue weighted by molar-refractivity contribution is -0.141. The zero-order valence-electron chi connectivity index (χ0n) is 10.6. The summed E-state index contributed by atoms with van der Waals surface area (Å²) in [7, 11) is 0. The molecule has 2 rings (SSSR count). The molecule has 0 radical (unpaired) electrons. The van der Waals surface area contributed by atoms with Gasteiger partial charge >= 0.3 is 5.97 Å². The van der Waals surface area contributed by atoms with Crippen molar-refractivity contribution in [2.75, 3.05) is 18.2 Å². The number of halogens is 1. The zero-order valence-corrected chi connectivity index (χ0v) is 11.4. The molecule has 6 heteroatoms. The fraction of sp³-hybridized carbons (Fsp3) is 0.231. The molecule has 2 heterocycles. The standard InChI is InChI=1S/C13H15N3O2.ClH/c1-2-18-13(17)11-16(15-9-3-4-10-15)12-5-7-14-8-6-12;/h3-10H,2,11H2,1H3;1H. The van der Waals surface area contributed by atoms with E-state index < -0.39 is 0 Å². The van der Waals surface area contributed by atoms with Crippen molar-refractivity contribution in [1.82, 2.24) is 9.66 Å². The van der Waals surface area contributed by atoms with Gasteiger partial charge in [0.15, 0.2) is 0 Å². The normalized spacial score (nSPS) is 9.53. The van der Waals surface area contributed by atoms with Crippen LogP contribution in [0, 0.1) is 0 Å². The van der Waals surface area contributed by atoms with Crippen LogP contribution >= 0.6 is 12.4 Å². The first kappa shape index (κ1) is 15.0. The lowest BCUT2D eigenvalue weighted by atomic mass is 10.4. The van der Waals surface area contributed by atoms with Crippen molar-refractivity contribution in [3.63, 3.8) is 0 Å². The van der Waals surface area contributed by atoms with Crippen molar-refractivity contribution < 1.29 is 9.53 Å². The molecule has 0 amide bonds. The Labute approximate surface area is 118 Å².